The molecule has 0 unspecified atom stereocenters. The van der Waals surface area contributed by atoms with E-state index in [0.29, 0.717) is 11.1 Å². The van der Waals surface area contributed by atoms with Gasteiger partial charge in [0.05, 0.1) is 5.92 Å². The van der Waals surface area contributed by atoms with E-state index in [1.165, 1.54) is 0 Å². The first-order valence-electron chi connectivity index (χ1n) is 8.60. The van der Waals surface area contributed by atoms with Gasteiger partial charge in [0.1, 0.15) is 0 Å². The van der Waals surface area contributed by atoms with Gasteiger partial charge in [-0.1, -0.05) is 55.0 Å². The number of aromatic amines is 1. The molecule has 0 saturated heterocycles. The van der Waals surface area contributed by atoms with E-state index in [-0.39, 0.29) is 17.7 Å². The van der Waals surface area contributed by atoms with Crippen molar-refractivity contribution in [2.45, 2.75) is 25.4 Å². The number of carbonyl (C=O) groups is 2. The number of ether oxygens (including phenoxy) is 1. The molecule has 1 aliphatic carbocycles. The van der Waals surface area contributed by atoms with Gasteiger partial charge in [-0.05, 0) is 18.9 Å². The van der Waals surface area contributed by atoms with Gasteiger partial charge < -0.3 is 9.72 Å². The smallest absolute Gasteiger partial charge is 0.310 e. The van der Waals surface area contributed by atoms with Crippen molar-refractivity contribution in [3.8, 4) is 0 Å². The highest BCUT2D eigenvalue weighted by Crippen LogP contribution is 2.32. The molecule has 1 N–H and O–H groups in total. The Labute approximate surface area is 145 Å². The summed E-state index contributed by atoms with van der Waals surface area (Å²) >= 11 is 0. The van der Waals surface area contributed by atoms with E-state index in [1.54, 1.807) is 6.20 Å². The van der Waals surface area contributed by atoms with Gasteiger partial charge in [0.25, 0.3) is 0 Å². The molecule has 3 aromatic rings. The van der Waals surface area contributed by atoms with Crippen molar-refractivity contribution in [3.05, 3.63) is 71.9 Å². The summed E-state index contributed by atoms with van der Waals surface area (Å²) in [7, 11) is 0. The van der Waals surface area contributed by atoms with Crippen LogP contribution in [0.5, 0.6) is 0 Å². The van der Waals surface area contributed by atoms with Gasteiger partial charge in [-0.3, -0.25) is 9.59 Å². The summed E-state index contributed by atoms with van der Waals surface area (Å²) in [6.45, 7) is 0. The number of para-hydroxylation sites is 1. The first-order chi connectivity index (χ1) is 12.2. The lowest BCUT2D eigenvalue weighted by molar-refractivity contribution is -0.155. The number of rotatable bonds is 5. The van der Waals surface area contributed by atoms with E-state index in [1.807, 2.05) is 54.6 Å². The minimum atomic E-state index is -0.909. The molecule has 4 nitrogen and oxygen atoms in total. The minimum Gasteiger partial charge on any atom is -0.449 e. The molecule has 1 atom stereocenters. The summed E-state index contributed by atoms with van der Waals surface area (Å²) in [5, 5.41) is 0.841. The van der Waals surface area contributed by atoms with Gasteiger partial charge in [0.2, 0.25) is 5.78 Å². The van der Waals surface area contributed by atoms with Crippen LogP contribution in [-0.2, 0) is 9.53 Å². The molecule has 0 radical (unpaired) electrons. The van der Waals surface area contributed by atoms with Crippen molar-refractivity contribution in [1.82, 2.24) is 4.98 Å². The largest absolute Gasteiger partial charge is 0.449 e. The molecule has 1 aromatic heterocycles. The Morgan fingerprint density at radius 2 is 1.72 bits per heavy atom. The van der Waals surface area contributed by atoms with E-state index >= 15 is 0 Å². The Morgan fingerprint density at radius 1 is 1.00 bits per heavy atom. The van der Waals surface area contributed by atoms with Crippen LogP contribution in [0, 0.1) is 5.92 Å². The van der Waals surface area contributed by atoms with Gasteiger partial charge in [-0.25, -0.2) is 0 Å². The lowest BCUT2D eigenvalue weighted by Gasteiger charge is -2.26. The number of ketones is 1. The molecule has 4 rings (SSSR count). The summed E-state index contributed by atoms with van der Waals surface area (Å²) < 4.78 is 5.67. The van der Waals surface area contributed by atoms with Crippen LogP contribution in [0.1, 0.15) is 41.3 Å². The number of Topliss-reactive ketones (excluding diaryl/α,β-unsaturated/α-hetero) is 1. The molecule has 25 heavy (non-hydrogen) atoms. The normalized spacial score (nSPS) is 15.5. The summed E-state index contributed by atoms with van der Waals surface area (Å²) in [6, 6.07) is 16.9. The minimum absolute atomic E-state index is 0.0676. The maximum absolute atomic E-state index is 13.2. The quantitative estimate of drug-likeness (QED) is 0.555. The Balaban J connectivity index is 1.69. The molecule has 0 amide bonds. The van der Waals surface area contributed by atoms with Gasteiger partial charge in [-0.2, -0.15) is 0 Å². The highest BCUT2D eigenvalue weighted by Gasteiger charge is 2.33. The van der Waals surface area contributed by atoms with Crippen molar-refractivity contribution in [1.29, 1.82) is 0 Å². The van der Waals surface area contributed by atoms with Crippen LogP contribution in [0.25, 0.3) is 10.9 Å². The highest BCUT2D eigenvalue weighted by atomic mass is 16.5. The third-order valence-corrected chi connectivity index (χ3v) is 4.87. The van der Waals surface area contributed by atoms with Crippen molar-refractivity contribution in [2.75, 3.05) is 0 Å². The molecule has 1 fully saturated rings. The Kier molecular flexibility index (Phi) is 4.10. The van der Waals surface area contributed by atoms with Crippen molar-refractivity contribution >= 4 is 22.7 Å². The Morgan fingerprint density at radius 3 is 2.44 bits per heavy atom. The molecule has 2 aromatic carbocycles. The Bertz CT molecular complexity index is 909. The van der Waals surface area contributed by atoms with E-state index in [4.69, 9.17) is 4.74 Å². The van der Waals surface area contributed by atoms with E-state index in [9.17, 15) is 9.59 Å². The number of hydrogen-bond donors (Lipinski definition) is 1. The summed E-state index contributed by atoms with van der Waals surface area (Å²) in [6.07, 6.45) is 3.53. The maximum Gasteiger partial charge on any atom is 0.310 e. The van der Waals surface area contributed by atoms with Crippen LogP contribution in [0.3, 0.4) is 0 Å². The van der Waals surface area contributed by atoms with Crippen LogP contribution < -0.4 is 0 Å². The topological polar surface area (TPSA) is 59.2 Å². The average Bonchev–Trinajstić information content (AvgIpc) is 3.02. The van der Waals surface area contributed by atoms with E-state index < -0.39 is 6.10 Å². The van der Waals surface area contributed by atoms with Crippen molar-refractivity contribution in [3.63, 3.8) is 0 Å². The number of H-pyrrole nitrogens is 1. The van der Waals surface area contributed by atoms with Crippen LogP contribution >= 0.6 is 0 Å². The second-order valence-corrected chi connectivity index (χ2v) is 6.47. The predicted octanol–water partition coefficient (Wildman–Crippen LogP) is 4.44. The number of fused-ring (bicyclic) bond motifs is 1. The zero-order chi connectivity index (χ0) is 17.2. The molecule has 0 spiro atoms. The van der Waals surface area contributed by atoms with Gasteiger partial charge in [0.15, 0.2) is 6.10 Å². The van der Waals surface area contributed by atoms with Crippen LogP contribution in [0.4, 0.5) is 0 Å². The number of aromatic nitrogens is 1. The fraction of sp³-hybridized carbons (Fsp3) is 0.238. The zero-order valence-electron chi connectivity index (χ0n) is 13.8. The predicted molar refractivity (Wildman–Crippen MR) is 95.2 cm³/mol. The number of benzene rings is 2. The standard InChI is InChI=1S/C21H19NO3/c23-19(17-13-22-18-12-5-4-11-16(17)18)20(14-7-2-1-3-8-14)25-21(24)15-9-6-10-15/h1-5,7-8,11-13,15,20,22H,6,9-10H2/t20-/m1/s1. The zero-order valence-corrected chi connectivity index (χ0v) is 13.8. The van der Waals surface area contributed by atoms with Crippen LogP contribution in [0.2, 0.25) is 0 Å². The molecule has 0 bridgehead atoms. The average molecular weight is 333 g/mol. The first-order valence-corrected chi connectivity index (χ1v) is 8.60. The van der Waals surface area contributed by atoms with Gasteiger partial charge >= 0.3 is 5.97 Å². The lowest BCUT2D eigenvalue weighted by Crippen LogP contribution is -2.28. The van der Waals surface area contributed by atoms with Gasteiger partial charge in [0, 0.05) is 28.2 Å². The first kappa shape index (κ1) is 15.6. The van der Waals surface area contributed by atoms with E-state index in [0.717, 1.165) is 30.2 Å². The van der Waals surface area contributed by atoms with Crippen LogP contribution in [-0.4, -0.2) is 16.7 Å². The molecular formula is C21H19NO3. The highest BCUT2D eigenvalue weighted by molar-refractivity contribution is 6.10. The molecular weight excluding hydrogens is 314 g/mol. The molecule has 1 saturated carbocycles. The lowest BCUT2D eigenvalue weighted by atomic mass is 9.85. The molecule has 0 aliphatic heterocycles. The van der Waals surface area contributed by atoms with Crippen molar-refractivity contribution in [2.24, 2.45) is 5.92 Å². The second-order valence-electron chi connectivity index (χ2n) is 6.47. The second kappa shape index (κ2) is 6.55. The summed E-state index contributed by atoms with van der Waals surface area (Å²) in [5.74, 6) is -0.536. The Hall–Kier alpha value is -2.88. The molecule has 4 heteroatoms. The summed E-state index contributed by atoms with van der Waals surface area (Å²) in [4.78, 5) is 28.7. The number of carbonyl (C=O) groups excluding carboxylic acids is 2. The fourth-order valence-electron chi connectivity index (χ4n) is 3.17. The molecule has 126 valence electrons. The van der Waals surface area contributed by atoms with E-state index in [2.05, 4.69) is 4.98 Å². The fourth-order valence-corrected chi connectivity index (χ4v) is 3.17. The number of hydrogen-bond acceptors (Lipinski definition) is 3. The molecule has 1 aliphatic rings. The van der Waals surface area contributed by atoms with Gasteiger partial charge in [-0.15, -0.1) is 0 Å². The monoisotopic (exact) mass is 333 g/mol. The van der Waals surface area contributed by atoms with Crippen molar-refractivity contribution < 1.29 is 14.3 Å². The number of esters is 1. The van der Waals surface area contributed by atoms with Crippen LogP contribution in [0.15, 0.2) is 60.8 Å². The molecule has 1 heterocycles. The summed E-state index contributed by atoms with van der Waals surface area (Å²) in [5.41, 5.74) is 2.14. The number of nitrogens with one attached hydrogen (secondary N) is 1. The third kappa shape index (κ3) is 2.95. The SMILES string of the molecule is O=C(O[C@@H](C(=O)c1c[nH]c2ccccc12)c1ccccc1)C1CCC1. The third-order valence-electron chi connectivity index (χ3n) is 4.87. The maximum atomic E-state index is 13.2.